The summed E-state index contributed by atoms with van der Waals surface area (Å²) in [6.45, 7) is 0. The first-order valence-electron chi connectivity index (χ1n) is 13.2. The van der Waals surface area contributed by atoms with E-state index in [0.29, 0.717) is 0 Å². The summed E-state index contributed by atoms with van der Waals surface area (Å²) < 4.78 is 17.6. The Hall–Kier alpha value is -4.72. The fourth-order valence-corrected chi connectivity index (χ4v) is 9.75. The summed E-state index contributed by atoms with van der Waals surface area (Å²) in [5.41, 5.74) is 6.20. The largest absolute Gasteiger partial charge is 0.309 e. The van der Waals surface area contributed by atoms with E-state index in [9.17, 15) is 0 Å². The van der Waals surface area contributed by atoms with Crippen molar-refractivity contribution >= 4 is 72.2 Å². The number of rotatable bonds is 1. The first-order chi connectivity index (χ1) is 19.2. The van der Waals surface area contributed by atoms with Crippen molar-refractivity contribution in [1.29, 1.82) is 0 Å². The fraction of sp³-hybridized carbons (Fsp3) is 0. The van der Waals surface area contributed by atoms with Gasteiger partial charge in [-0.15, -0.1) is 0 Å². The average molecular weight is 517 g/mol. The zero-order valence-electron chi connectivity index (χ0n) is 20.9. The second-order valence-corrected chi connectivity index (χ2v) is 13.0. The Kier molecular flexibility index (Phi) is 4.05. The van der Waals surface area contributed by atoms with Crippen LogP contribution in [0.2, 0.25) is 0 Å². The number of para-hydroxylation sites is 2. The van der Waals surface area contributed by atoms with Gasteiger partial charge in [0.15, 0.2) is 7.14 Å². The number of benzene rings is 6. The van der Waals surface area contributed by atoms with Crippen LogP contribution in [0.25, 0.3) is 60.3 Å². The molecule has 0 saturated heterocycles. The van der Waals surface area contributed by atoms with Crippen molar-refractivity contribution in [3.8, 4) is 11.1 Å². The van der Waals surface area contributed by atoms with Crippen molar-refractivity contribution in [2.75, 3.05) is 0 Å². The molecule has 1 aliphatic rings. The lowest BCUT2D eigenvalue weighted by Crippen LogP contribution is -2.20. The van der Waals surface area contributed by atoms with Gasteiger partial charge in [-0.25, -0.2) is 4.98 Å². The second-order valence-electron chi connectivity index (χ2n) is 10.3. The van der Waals surface area contributed by atoms with E-state index in [-0.39, 0.29) is 0 Å². The molecular formula is C35H21N2OP. The van der Waals surface area contributed by atoms with Crippen LogP contribution in [0.1, 0.15) is 0 Å². The summed E-state index contributed by atoms with van der Waals surface area (Å²) in [6, 6.07) is 43.9. The second kappa shape index (κ2) is 7.44. The van der Waals surface area contributed by atoms with Crippen LogP contribution in [0.4, 0.5) is 0 Å². The van der Waals surface area contributed by atoms with Gasteiger partial charge < -0.3 is 4.57 Å². The Morgan fingerprint density at radius 2 is 1.26 bits per heavy atom. The molecule has 0 spiro atoms. The molecule has 0 saturated carbocycles. The van der Waals surface area contributed by atoms with Crippen molar-refractivity contribution in [3.63, 3.8) is 0 Å². The molecule has 0 bridgehead atoms. The molecule has 8 aromatic rings. The number of aromatic nitrogens is 2. The topological polar surface area (TPSA) is 34.4 Å². The molecule has 6 aromatic carbocycles. The number of fused-ring (bicyclic) bond motifs is 13. The van der Waals surface area contributed by atoms with E-state index < -0.39 is 7.14 Å². The van der Waals surface area contributed by atoms with Crippen LogP contribution in [0, 0.1) is 0 Å². The summed E-state index contributed by atoms with van der Waals surface area (Å²) in [7, 11) is -3.06. The molecule has 1 aliphatic heterocycles. The highest BCUT2D eigenvalue weighted by Gasteiger charge is 2.40. The minimum Gasteiger partial charge on any atom is -0.309 e. The lowest BCUT2D eigenvalue weighted by Gasteiger charge is -2.18. The number of imidazole rings is 1. The molecular weight excluding hydrogens is 495 g/mol. The van der Waals surface area contributed by atoms with Gasteiger partial charge in [-0.3, -0.25) is 4.40 Å². The normalized spacial score (nSPS) is 13.9. The molecule has 39 heavy (non-hydrogen) atoms. The Labute approximate surface area is 224 Å². The summed E-state index contributed by atoms with van der Waals surface area (Å²) >= 11 is 0. The van der Waals surface area contributed by atoms with Crippen LogP contribution in [-0.2, 0) is 4.57 Å². The van der Waals surface area contributed by atoms with Gasteiger partial charge >= 0.3 is 0 Å². The first-order valence-corrected chi connectivity index (χ1v) is 14.9. The molecule has 0 fully saturated rings. The average Bonchev–Trinajstić information content (AvgIpc) is 3.52. The van der Waals surface area contributed by atoms with Gasteiger partial charge in [0, 0.05) is 32.1 Å². The number of nitrogens with zero attached hydrogens (tertiary/aromatic N) is 2. The van der Waals surface area contributed by atoms with Crippen LogP contribution in [0.3, 0.4) is 0 Å². The van der Waals surface area contributed by atoms with Crippen LogP contribution in [0.15, 0.2) is 127 Å². The van der Waals surface area contributed by atoms with Crippen molar-refractivity contribution < 1.29 is 4.57 Å². The third-order valence-corrected chi connectivity index (χ3v) is 11.5. The minimum absolute atomic E-state index is 0.866. The smallest absolute Gasteiger partial charge is 0.172 e. The van der Waals surface area contributed by atoms with Gasteiger partial charge in [0.05, 0.1) is 16.6 Å². The highest BCUT2D eigenvalue weighted by Crippen LogP contribution is 2.52. The zero-order chi connectivity index (χ0) is 25.7. The maximum Gasteiger partial charge on any atom is 0.172 e. The molecule has 0 unspecified atom stereocenters. The monoisotopic (exact) mass is 516 g/mol. The molecule has 4 heteroatoms. The highest BCUT2D eigenvalue weighted by molar-refractivity contribution is 7.86. The van der Waals surface area contributed by atoms with Gasteiger partial charge in [0.1, 0.15) is 5.65 Å². The Morgan fingerprint density at radius 1 is 0.564 bits per heavy atom. The fourth-order valence-electron chi connectivity index (χ4n) is 6.67. The molecule has 3 heterocycles. The van der Waals surface area contributed by atoms with Crippen molar-refractivity contribution in [2.45, 2.75) is 0 Å². The van der Waals surface area contributed by atoms with E-state index in [4.69, 9.17) is 4.98 Å². The predicted octanol–water partition coefficient (Wildman–Crippen LogP) is 7.57. The maximum absolute atomic E-state index is 15.3. The number of pyridine rings is 1. The van der Waals surface area contributed by atoms with Gasteiger partial charge in [-0.1, -0.05) is 91.0 Å². The van der Waals surface area contributed by atoms with Crippen molar-refractivity contribution in [1.82, 2.24) is 9.38 Å². The zero-order valence-corrected chi connectivity index (χ0v) is 21.8. The molecule has 3 nitrogen and oxygen atoms in total. The van der Waals surface area contributed by atoms with Gasteiger partial charge in [0.2, 0.25) is 0 Å². The van der Waals surface area contributed by atoms with Gasteiger partial charge in [0.25, 0.3) is 0 Å². The SMILES string of the molecule is O=P1(c2ccc3c(c2)c2c4ccccc4ccc2c2nc4ccccc4n32)c2ccccc2-c2ccccc21. The maximum atomic E-state index is 15.3. The summed E-state index contributed by atoms with van der Waals surface area (Å²) in [5, 5.41) is 8.41. The van der Waals surface area contributed by atoms with E-state index >= 15 is 4.57 Å². The van der Waals surface area contributed by atoms with Crippen LogP contribution in [0.5, 0.6) is 0 Å². The minimum atomic E-state index is -3.06. The molecule has 182 valence electrons. The Morgan fingerprint density at radius 3 is 2.08 bits per heavy atom. The lowest BCUT2D eigenvalue weighted by atomic mass is 9.99. The van der Waals surface area contributed by atoms with Crippen molar-refractivity contribution in [3.05, 3.63) is 127 Å². The van der Waals surface area contributed by atoms with E-state index in [2.05, 4.69) is 89.3 Å². The van der Waals surface area contributed by atoms with E-state index in [1.54, 1.807) is 0 Å². The molecule has 0 atom stereocenters. The summed E-state index contributed by atoms with van der Waals surface area (Å²) in [6.07, 6.45) is 0. The molecule has 0 aliphatic carbocycles. The van der Waals surface area contributed by atoms with E-state index in [0.717, 1.165) is 65.4 Å². The Balaban J connectivity index is 1.49. The third kappa shape index (κ3) is 2.63. The molecule has 9 rings (SSSR count). The molecule has 2 aromatic heterocycles. The first kappa shape index (κ1) is 21.2. The van der Waals surface area contributed by atoms with Crippen LogP contribution < -0.4 is 15.9 Å². The van der Waals surface area contributed by atoms with Gasteiger partial charge in [-0.2, -0.15) is 0 Å². The quantitative estimate of drug-likeness (QED) is 0.167. The number of hydrogen-bond donors (Lipinski definition) is 0. The number of hydrogen-bond acceptors (Lipinski definition) is 2. The van der Waals surface area contributed by atoms with E-state index in [1.807, 2.05) is 42.5 Å². The molecule has 0 amide bonds. The lowest BCUT2D eigenvalue weighted by molar-refractivity contribution is 0.593. The Bertz CT molecular complexity index is 2330. The van der Waals surface area contributed by atoms with Crippen molar-refractivity contribution in [2.24, 2.45) is 0 Å². The van der Waals surface area contributed by atoms with Gasteiger partial charge in [-0.05, 0) is 58.3 Å². The van der Waals surface area contributed by atoms with Crippen LogP contribution in [-0.4, -0.2) is 9.38 Å². The summed E-state index contributed by atoms with van der Waals surface area (Å²) in [4.78, 5) is 5.08. The van der Waals surface area contributed by atoms with E-state index in [1.165, 1.54) is 10.8 Å². The highest BCUT2D eigenvalue weighted by atomic mass is 31.2. The standard InChI is InChI=1S/C35H21N2OP/c38-39(32-15-7-3-11-25(32)26-12-4-8-16-33(26)39)23-18-20-30-28(21-23)34-24-10-2-1-9-22(24)17-19-27(34)35-36-29-13-5-6-14-31(29)37(30)35/h1-21H. The molecule has 0 N–H and O–H groups in total. The summed E-state index contributed by atoms with van der Waals surface area (Å²) in [5.74, 6) is 0. The predicted molar refractivity (Wildman–Crippen MR) is 164 cm³/mol. The molecule has 0 radical (unpaired) electrons. The van der Waals surface area contributed by atoms with Crippen LogP contribution >= 0.6 is 7.14 Å². The third-order valence-electron chi connectivity index (χ3n) is 8.36.